The van der Waals surface area contributed by atoms with Crippen molar-refractivity contribution in [2.24, 2.45) is 0 Å². The third-order valence-corrected chi connectivity index (χ3v) is 4.39. The summed E-state index contributed by atoms with van der Waals surface area (Å²) in [7, 11) is 1.55. The van der Waals surface area contributed by atoms with Gasteiger partial charge in [-0.05, 0) is 42.8 Å². The molecule has 2 aromatic carbocycles. The first kappa shape index (κ1) is 19.9. The van der Waals surface area contributed by atoms with E-state index < -0.39 is 0 Å². The number of para-hydroxylation sites is 1. The van der Waals surface area contributed by atoms with Crippen molar-refractivity contribution >= 4 is 35.1 Å². The normalized spacial score (nSPS) is 11.0. The van der Waals surface area contributed by atoms with Crippen molar-refractivity contribution in [3.8, 4) is 17.2 Å². The van der Waals surface area contributed by atoms with Crippen molar-refractivity contribution in [3.05, 3.63) is 70.0 Å². The molecule has 0 aliphatic carbocycles. The minimum absolute atomic E-state index is 0.0268. The average Bonchev–Trinajstić information content (AvgIpc) is 3.13. The molecule has 144 valence electrons. The van der Waals surface area contributed by atoms with Gasteiger partial charge in [-0.2, -0.15) is 0 Å². The number of allylic oxidation sites excluding steroid dienone is 1. The Morgan fingerprint density at radius 2 is 1.93 bits per heavy atom. The maximum absolute atomic E-state index is 11.1. The molecule has 0 N–H and O–H groups in total. The molecule has 0 spiro atoms. The van der Waals surface area contributed by atoms with Crippen LogP contribution in [0.2, 0.25) is 10.0 Å². The van der Waals surface area contributed by atoms with E-state index in [4.69, 9.17) is 32.7 Å². The molecule has 1 heterocycles. The van der Waals surface area contributed by atoms with Crippen LogP contribution in [0.3, 0.4) is 0 Å². The zero-order chi connectivity index (χ0) is 20.1. The van der Waals surface area contributed by atoms with E-state index in [2.05, 4.69) is 10.3 Å². The molecular weight excluding hydrogens is 401 g/mol. The van der Waals surface area contributed by atoms with E-state index in [1.54, 1.807) is 49.7 Å². The first-order valence-electron chi connectivity index (χ1n) is 8.33. The van der Waals surface area contributed by atoms with E-state index in [0.717, 1.165) is 5.56 Å². The summed E-state index contributed by atoms with van der Waals surface area (Å²) in [5.74, 6) is 1.07. The molecule has 8 heteroatoms. The van der Waals surface area contributed by atoms with Gasteiger partial charge < -0.3 is 9.47 Å². The van der Waals surface area contributed by atoms with Crippen LogP contribution < -0.4 is 9.47 Å². The third-order valence-electron chi connectivity index (χ3n) is 3.78. The smallest absolute Gasteiger partial charge is 0.161 e. The van der Waals surface area contributed by atoms with Crippen LogP contribution in [0.1, 0.15) is 18.2 Å². The lowest BCUT2D eigenvalue weighted by atomic mass is 10.1. The number of rotatable bonds is 7. The van der Waals surface area contributed by atoms with Gasteiger partial charge in [0.25, 0.3) is 0 Å². The molecule has 0 saturated heterocycles. The van der Waals surface area contributed by atoms with Crippen LogP contribution in [0.5, 0.6) is 11.5 Å². The number of hydrogen-bond donors (Lipinski definition) is 0. The Bertz CT molecular complexity index is 1010. The fourth-order valence-corrected chi connectivity index (χ4v) is 3.02. The molecule has 0 fully saturated rings. The van der Waals surface area contributed by atoms with Gasteiger partial charge in [0.05, 0.1) is 23.4 Å². The van der Waals surface area contributed by atoms with Crippen molar-refractivity contribution in [1.82, 2.24) is 15.0 Å². The van der Waals surface area contributed by atoms with Gasteiger partial charge in [0.1, 0.15) is 18.0 Å². The molecule has 0 saturated carbocycles. The van der Waals surface area contributed by atoms with Gasteiger partial charge in [0.15, 0.2) is 17.3 Å². The minimum Gasteiger partial charge on any atom is -0.493 e. The Kier molecular flexibility index (Phi) is 6.34. The van der Waals surface area contributed by atoms with Crippen molar-refractivity contribution < 1.29 is 14.3 Å². The predicted molar refractivity (Wildman–Crippen MR) is 108 cm³/mol. The molecule has 3 aromatic rings. The van der Waals surface area contributed by atoms with Gasteiger partial charge in [0, 0.05) is 0 Å². The van der Waals surface area contributed by atoms with Crippen LogP contribution in [0.25, 0.3) is 11.8 Å². The summed E-state index contributed by atoms with van der Waals surface area (Å²) >= 11 is 12.4. The molecule has 0 atom stereocenters. The van der Waals surface area contributed by atoms with E-state index >= 15 is 0 Å². The number of nitrogens with zero attached hydrogens (tertiary/aromatic N) is 3. The number of carbonyl (C=O) groups excluding carboxylic acids is 1. The van der Waals surface area contributed by atoms with Crippen LogP contribution in [0.15, 0.2) is 48.7 Å². The first-order chi connectivity index (χ1) is 13.5. The fraction of sp³-hybridized carbons (Fsp3) is 0.150. The number of ketones is 1. The molecule has 1 aromatic heterocycles. The molecule has 3 rings (SSSR count). The van der Waals surface area contributed by atoms with Crippen LogP contribution in [0.4, 0.5) is 0 Å². The van der Waals surface area contributed by atoms with Crippen LogP contribution in [-0.2, 0) is 11.4 Å². The third kappa shape index (κ3) is 4.71. The Morgan fingerprint density at radius 3 is 2.61 bits per heavy atom. The molecule has 0 amide bonds. The molecule has 0 bridgehead atoms. The van der Waals surface area contributed by atoms with Crippen molar-refractivity contribution in [1.29, 1.82) is 0 Å². The highest BCUT2D eigenvalue weighted by molar-refractivity contribution is 6.37. The first-order valence-corrected chi connectivity index (χ1v) is 9.08. The summed E-state index contributed by atoms with van der Waals surface area (Å²) in [5, 5.41) is 9.10. The number of benzene rings is 2. The minimum atomic E-state index is -0.0268. The standard InChI is InChI=1S/C20H17Cl2N3O3/c1-13(26)6-7-14-8-9-18(19(10-14)27-2)28-12-15-11-25(24-23-15)20-16(21)4-3-5-17(20)22/h3-11H,12H2,1-2H3/b7-6+. The Hall–Kier alpha value is -2.83. The van der Waals surface area contributed by atoms with E-state index in [1.807, 2.05) is 6.07 Å². The maximum Gasteiger partial charge on any atom is 0.161 e. The number of halogens is 2. The van der Waals surface area contributed by atoms with Gasteiger partial charge >= 0.3 is 0 Å². The number of ether oxygens (including phenoxy) is 2. The Balaban J connectivity index is 1.74. The summed E-state index contributed by atoms with van der Waals surface area (Å²) < 4.78 is 12.7. The van der Waals surface area contributed by atoms with Gasteiger partial charge in [0.2, 0.25) is 0 Å². The van der Waals surface area contributed by atoms with Crippen molar-refractivity contribution in [3.63, 3.8) is 0 Å². The highest BCUT2D eigenvalue weighted by atomic mass is 35.5. The van der Waals surface area contributed by atoms with E-state index in [9.17, 15) is 4.79 Å². The Morgan fingerprint density at radius 1 is 1.18 bits per heavy atom. The van der Waals surface area contributed by atoms with Gasteiger partial charge in [-0.3, -0.25) is 4.79 Å². The molecule has 0 aliphatic heterocycles. The zero-order valence-electron chi connectivity index (χ0n) is 15.2. The van der Waals surface area contributed by atoms with Gasteiger partial charge in [-0.1, -0.05) is 46.6 Å². The molecular formula is C20H17Cl2N3O3. The largest absolute Gasteiger partial charge is 0.493 e. The van der Waals surface area contributed by atoms with Crippen LogP contribution in [0, 0.1) is 0 Å². The average molecular weight is 418 g/mol. The quantitative estimate of drug-likeness (QED) is 0.518. The molecule has 6 nitrogen and oxygen atoms in total. The number of aromatic nitrogens is 3. The highest BCUT2D eigenvalue weighted by Crippen LogP contribution is 2.30. The number of carbonyl (C=O) groups is 1. The predicted octanol–water partition coefficient (Wildman–Crippen LogP) is 4.76. The number of methoxy groups -OCH3 is 1. The molecule has 28 heavy (non-hydrogen) atoms. The second-order valence-electron chi connectivity index (χ2n) is 5.87. The molecule has 0 radical (unpaired) electrons. The highest BCUT2D eigenvalue weighted by Gasteiger charge is 2.12. The van der Waals surface area contributed by atoms with Gasteiger partial charge in [-0.15, -0.1) is 5.10 Å². The zero-order valence-corrected chi connectivity index (χ0v) is 16.7. The lowest BCUT2D eigenvalue weighted by molar-refractivity contribution is -0.112. The van der Waals surface area contributed by atoms with Crippen molar-refractivity contribution in [2.45, 2.75) is 13.5 Å². The maximum atomic E-state index is 11.1. The second kappa shape index (κ2) is 8.91. The second-order valence-corrected chi connectivity index (χ2v) is 6.68. The van der Waals surface area contributed by atoms with Crippen molar-refractivity contribution in [2.75, 3.05) is 7.11 Å². The topological polar surface area (TPSA) is 66.2 Å². The lowest BCUT2D eigenvalue weighted by Crippen LogP contribution is -1.98. The fourth-order valence-electron chi connectivity index (χ4n) is 2.45. The summed E-state index contributed by atoms with van der Waals surface area (Å²) in [4.78, 5) is 11.1. The summed E-state index contributed by atoms with van der Waals surface area (Å²) in [5.41, 5.74) is 1.99. The van der Waals surface area contributed by atoms with Crippen LogP contribution in [-0.4, -0.2) is 27.9 Å². The molecule has 0 aliphatic rings. The summed E-state index contributed by atoms with van der Waals surface area (Å²) in [6.45, 7) is 1.68. The number of hydrogen-bond acceptors (Lipinski definition) is 5. The van der Waals surface area contributed by atoms with Crippen LogP contribution >= 0.6 is 23.2 Å². The van der Waals surface area contributed by atoms with E-state index in [1.165, 1.54) is 17.7 Å². The van der Waals surface area contributed by atoms with E-state index in [-0.39, 0.29) is 12.4 Å². The monoisotopic (exact) mass is 417 g/mol. The van der Waals surface area contributed by atoms with E-state index in [0.29, 0.717) is 32.9 Å². The molecule has 0 unspecified atom stereocenters. The lowest BCUT2D eigenvalue weighted by Gasteiger charge is -2.10. The van der Waals surface area contributed by atoms with Gasteiger partial charge in [-0.25, -0.2) is 4.68 Å². The summed E-state index contributed by atoms with van der Waals surface area (Å²) in [6, 6.07) is 10.6. The summed E-state index contributed by atoms with van der Waals surface area (Å²) in [6.07, 6.45) is 4.91. The SMILES string of the molecule is COc1cc(/C=C/C(C)=O)ccc1OCc1cn(-c2c(Cl)cccc2Cl)nn1. The Labute approximate surface area is 172 Å².